The van der Waals surface area contributed by atoms with Gasteiger partial charge >= 0.3 is 0 Å². The third kappa shape index (κ3) is 4.48. The Hall–Kier alpha value is -1.52. The molecular weight excluding hydrogens is 330 g/mol. The second-order valence-electron chi connectivity index (χ2n) is 4.61. The smallest absolute Gasteiger partial charge is 0.161 e. The summed E-state index contributed by atoms with van der Waals surface area (Å²) in [6.07, 6.45) is 0. The van der Waals surface area contributed by atoms with E-state index in [1.54, 1.807) is 7.11 Å². The summed E-state index contributed by atoms with van der Waals surface area (Å²) in [4.78, 5) is 0. The van der Waals surface area contributed by atoms with Crippen molar-refractivity contribution in [3.8, 4) is 11.5 Å². The highest BCUT2D eigenvalue weighted by molar-refractivity contribution is 9.10. The fraction of sp³-hybridized carbons (Fsp3) is 0.294. The largest absolute Gasteiger partial charge is 0.493 e. The molecule has 0 aromatic heterocycles. The van der Waals surface area contributed by atoms with Crippen LogP contribution < -0.4 is 14.8 Å². The standard InChI is InChI=1S/C17H20BrNO2/c1-3-21-17-10-13(8-9-16(17)20-2)11-19-12-14-6-4-5-7-15(14)18/h4-10,19H,3,11-12H2,1-2H3. The van der Waals surface area contributed by atoms with Gasteiger partial charge in [-0.25, -0.2) is 0 Å². The normalized spacial score (nSPS) is 10.4. The Labute approximate surface area is 134 Å². The molecular formula is C17H20BrNO2. The van der Waals surface area contributed by atoms with Crippen molar-refractivity contribution >= 4 is 15.9 Å². The number of rotatable bonds is 7. The third-order valence-corrected chi connectivity index (χ3v) is 3.90. The van der Waals surface area contributed by atoms with Crippen LogP contribution in [0.2, 0.25) is 0 Å². The fourth-order valence-electron chi connectivity index (χ4n) is 2.08. The van der Waals surface area contributed by atoms with Crippen LogP contribution in [0.25, 0.3) is 0 Å². The number of hydrogen-bond donors (Lipinski definition) is 1. The van der Waals surface area contributed by atoms with Gasteiger partial charge in [-0.3, -0.25) is 0 Å². The van der Waals surface area contributed by atoms with Gasteiger partial charge in [0.2, 0.25) is 0 Å². The number of nitrogens with one attached hydrogen (secondary N) is 1. The van der Waals surface area contributed by atoms with E-state index in [0.717, 1.165) is 29.1 Å². The number of halogens is 1. The molecule has 112 valence electrons. The molecule has 0 saturated heterocycles. The van der Waals surface area contributed by atoms with Crippen molar-refractivity contribution in [1.82, 2.24) is 5.32 Å². The van der Waals surface area contributed by atoms with E-state index in [1.165, 1.54) is 11.1 Å². The lowest BCUT2D eigenvalue weighted by molar-refractivity contribution is 0.310. The van der Waals surface area contributed by atoms with Gasteiger partial charge in [-0.05, 0) is 36.2 Å². The van der Waals surface area contributed by atoms with Gasteiger partial charge in [0.15, 0.2) is 11.5 Å². The van der Waals surface area contributed by atoms with Gasteiger partial charge in [0.1, 0.15) is 0 Å². The quantitative estimate of drug-likeness (QED) is 0.814. The molecule has 21 heavy (non-hydrogen) atoms. The van der Waals surface area contributed by atoms with Crippen molar-refractivity contribution in [1.29, 1.82) is 0 Å². The second-order valence-corrected chi connectivity index (χ2v) is 5.47. The highest BCUT2D eigenvalue weighted by Gasteiger charge is 2.05. The Morgan fingerprint density at radius 2 is 1.86 bits per heavy atom. The Balaban J connectivity index is 1.97. The first-order chi connectivity index (χ1) is 10.2. The molecule has 3 nitrogen and oxygen atoms in total. The Bertz CT molecular complexity index is 587. The minimum atomic E-state index is 0.629. The molecule has 0 fully saturated rings. The first-order valence-corrected chi connectivity index (χ1v) is 7.77. The van der Waals surface area contributed by atoms with E-state index in [1.807, 2.05) is 37.3 Å². The average molecular weight is 350 g/mol. The molecule has 0 unspecified atom stereocenters. The summed E-state index contributed by atoms with van der Waals surface area (Å²) in [7, 11) is 1.66. The fourth-order valence-corrected chi connectivity index (χ4v) is 2.51. The van der Waals surface area contributed by atoms with Gasteiger partial charge in [-0.15, -0.1) is 0 Å². The molecule has 4 heteroatoms. The molecule has 2 aromatic carbocycles. The monoisotopic (exact) mass is 349 g/mol. The van der Waals surface area contributed by atoms with Gasteiger partial charge in [-0.1, -0.05) is 40.2 Å². The summed E-state index contributed by atoms with van der Waals surface area (Å²) in [5.74, 6) is 1.56. The Morgan fingerprint density at radius 1 is 1.05 bits per heavy atom. The van der Waals surface area contributed by atoms with Crippen molar-refractivity contribution in [2.75, 3.05) is 13.7 Å². The zero-order valence-electron chi connectivity index (χ0n) is 12.4. The van der Waals surface area contributed by atoms with Gasteiger partial charge in [0, 0.05) is 17.6 Å². The summed E-state index contributed by atoms with van der Waals surface area (Å²) in [6, 6.07) is 14.2. The summed E-state index contributed by atoms with van der Waals surface area (Å²) >= 11 is 3.56. The van der Waals surface area contributed by atoms with Crippen LogP contribution in [-0.2, 0) is 13.1 Å². The third-order valence-electron chi connectivity index (χ3n) is 3.13. The number of hydrogen-bond acceptors (Lipinski definition) is 3. The maximum Gasteiger partial charge on any atom is 0.161 e. The summed E-state index contributed by atoms with van der Waals surface area (Å²) in [5.41, 5.74) is 2.42. The van der Waals surface area contributed by atoms with Crippen LogP contribution in [0.1, 0.15) is 18.1 Å². The van der Waals surface area contributed by atoms with Crippen molar-refractivity contribution < 1.29 is 9.47 Å². The highest BCUT2D eigenvalue weighted by atomic mass is 79.9. The number of ether oxygens (including phenoxy) is 2. The molecule has 2 aromatic rings. The van der Waals surface area contributed by atoms with E-state index in [4.69, 9.17) is 9.47 Å². The van der Waals surface area contributed by atoms with Crippen molar-refractivity contribution in [3.63, 3.8) is 0 Å². The van der Waals surface area contributed by atoms with E-state index < -0.39 is 0 Å². The maximum atomic E-state index is 5.59. The molecule has 0 spiro atoms. The minimum absolute atomic E-state index is 0.629. The zero-order valence-corrected chi connectivity index (χ0v) is 13.9. The van der Waals surface area contributed by atoms with Crippen molar-refractivity contribution in [2.45, 2.75) is 20.0 Å². The molecule has 0 saturated carbocycles. The molecule has 0 aliphatic carbocycles. The van der Waals surface area contributed by atoms with E-state index in [9.17, 15) is 0 Å². The molecule has 2 rings (SSSR count). The summed E-state index contributed by atoms with van der Waals surface area (Å²) in [6.45, 7) is 4.20. The van der Waals surface area contributed by atoms with E-state index in [-0.39, 0.29) is 0 Å². The van der Waals surface area contributed by atoms with Crippen molar-refractivity contribution in [3.05, 3.63) is 58.1 Å². The summed E-state index contributed by atoms with van der Waals surface area (Å²) < 4.78 is 12.0. The Morgan fingerprint density at radius 3 is 2.57 bits per heavy atom. The van der Waals surface area contributed by atoms with Crippen LogP contribution in [0.15, 0.2) is 46.9 Å². The Kier molecular flexibility index (Phi) is 6.08. The van der Waals surface area contributed by atoms with E-state index in [2.05, 4.69) is 33.4 Å². The van der Waals surface area contributed by atoms with Crippen LogP contribution in [0.5, 0.6) is 11.5 Å². The van der Waals surface area contributed by atoms with Gasteiger partial charge in [0.05, 0.1) is 13.7 Å². The lowest BCUT2D eigenvalue weighted by Crippen LogP contribution is -2.13. The molecule has 0 aliphatic rings. The van der Waals surface area contributed by atoms with E-state index in [0.29, 0.717) is 6.61 Å². The topological polar surface area (TPSA) is 30.5 Å². The van der Waals surface area contributed by atoms with Crippen LogP contribution in [-0.4, -0.2) is 13.7 Å². The van der Waals surface area contributed by atoms with Crippen LogP contribution in [0.3, 0.4) is 0 Å². The SMILES string of the molecule is CCOc1cc(CNCc2ccccc2Br)ccc1OC. The lowest BCUT2D eigenvalue weighted by Gasteiger charge is -2.12. The van der Waals surface area contributed by atoms with Crippen molar-refractivity contribution in [2.24, 2.45) is 0 Å². The molecule has 0 radical (unpaired) electrons. The van der Waals surface area contributed by atoms with Crippen LogP contribution >= 0.6 is 15.9 Å². The molecule has 0 atom stereocenters. The van der Waals surface area contributed by atoms with Crippen LogP contribution in [0, 0.1) is 0 Å². The first kappa shape index (κ1) is 15.9. The number of benzene rings is 2. The van der Waals surface area contributed by atoms with Crippen LogP contribution in [0.4, 0.5) is 0 Å². The average Bonchev–Trinajstić information content (AvgIpc) is 2.50. The van der Waals surface area contributed by atoms with Gasteiger partial charge in [-0.2, -0.15) is 0 Å². The minimum Gasteiger partial charge on any atom is -0.493 e. The van der Waals surface area contributed by atoms with Gasteiger partial charge < -0.3 is 14.8 Å². The highest BCUT2D eigenvalue weighted by Crippen LogP contribution is 2.28. The second kappa shape index (κ2) is 8.05. The molecule has 1 N–H and O–H groups in total. The molecule has 0 heterocycles. The van der Waals surface area contributed by atoms with E-state index >= 15 is 0 Å². The number of methoxy groups -OCH3 is 1. The maximum absolute atomic E-state index is 5.59. The first-order valence-electron chi connectivity index (χ1n) is 6.98. The molecule has 0 amide bonds. The lowest BCUT2D eigenvalue weighted by atomic mass is 10.2. The zero-order chi connectivity index (χ0) is 15.1. The predicted molar refractivity (Wildman–Crippen MR) is 88.8 cm³/mol. The molecule has 0 bridgehead atoms. The van der Waals surface area contributed by atoms with Gasteiger partial charge in [0.25, 0.3) is 0 Å². The molecule has 0 aliphatic heterocycles. The summed E-state index contributed by atoms with van der Waals surface area (Å²) in [5, 5.41) is 3.44. The predicted octanol–water partition coefficient (Wildman–Crippen LogP) is 4.15.